The lowest BCUT2D eigenvalue weighted by atomic mass is 9.96. The van der Waals surface area contributed by atoms with Gasteiger partial charge in [0.2, 0.25) is 5.91 Å². The number of nitrogens with one attached hydrogen (secondary N) is 1. The predicted molar refractivity (Wildman–Crippen MR) is 88.9 cm³/mol. The maximum atomic E-state index is 12.4. The standard InChI is InChI=1S/C18H24N2O2/c1-3-11-20-12-9-15(10-13-20)18(21)19-16-7-5-6-8-17(16)22-14-4-2/h1,5-8,15H,4,9-14H2,2H3,(H,19,21). The van der Waals surface area contributed by atoms with Gasteiger partial charge in [-0.3, -0.25) is 9.69 Å². The average Bonchev–Trinajstić information content (AvgIpc) is 2.55. The number of hydrogen-bond acceptors (Lipinski definition) is 3. The molecule has 1 amide bonds. The second-order valence-corrected chi connectivity index (χ2v) is 5.59. The van der Waals surface area contributed by atoms with E-state index in [-0.39, 0.29) is 11.8 Å². The minimum atomic E-state index is 0.0493. The smallest absolute Gasteiger partial charge is 0.227 e. The molecule has 0 aliphatic carbocycles. The lowest BCUT2D eigenvalue weighted by molar-refractivity contribution is -0.121. The summed E-state index contributed by atoms with van der Waals surface area (Å²) in [5.41, 5.74) is 0.756. The van der Waals surface area contributed by atoms with Crippen LogP contribution in [0.1, 0.15) is 26.2 Å². The highest BCUT2D eigenvalue weighted by atomic mass is 16.5. The van der Waals surface area contributed by atoms with Crippen molar-refractivity contribution >= 4 is 11.6 Å². The molecule has 0 radical (unpaired) electrons. The number of amides is 1. The molecule has 2 rings (SSSR count). The first-order valence-electron chi connectivity index (χ1n) is 7.93. The Hall–Kier alpha value is -1.99. The fraction of sp³-hybridized carbons (Fsp3) is 0.500. The van der Waals surface area contributed by atoms with Gasteiger partial charge in [-0.25, -0.2) is 0 Å². The molecule has 0 spiro atoms. The van der Waals surface area contributed by atoms with Gasteiger partial charge in [-0.15, -0.1) is 6.42 Å². The second kappa shape index (κ2) is 8.45. The Bertz CT molecular complexity index is 528. The van der Waals surface area contributed by atoms with Gasteiger partial charge in [0.25, 0.3) is 0 Å². The van der Waals surface area contributed by atoms with Crippen LogP contribution in [0.4, 0.5) is 5.69 Å². The molecule has 1 saturated heterocycles. The highest BCUT2D eigenvalue weighted by molar-refractivity contribution is 5.94. The van der Waals surface area contributed by atoms with E-state index in [9.17, 15) is 4.79 Å². The van der Waals surface area contributed by atoms with Crippen molar-refractivity contribution in [2.45, 2.75) is 26.2 Å². The first-order valence-corrected chi connectivity index (χ1v) is 7.93. The molecule has 1 aromatic carbocycles. The highest BCUT2D eigenvalue weighted by Crippen LogP contribution is 2.26. The van der Waals surface area contributed by atoms with Crippen LogP contribution in [0, 0.1) is 18.3 Å². The summed E-state index contributed by atoms with van der Waals surface area (Å²) in [4.78, 5) is 14.6. The maximum Gasteiger partial charge on any atom is 0.227 e. The molecule has 22 heavy (non-hydrogen) atoms. The molecule has 4 heteroatoms. The Morgan fingerprint density at radius 2 is 2.14 bits per heavy atom. The number of rotatable bonds is 6. The van der Waals surface area contributed by atoms with E-state index in [0.717, 1.165) is 43.8 Å². The fourth-order valence-corrected chi connectivity index (χ4v) is 2.62. The molecule has 0 unspecified atom stereocenters. The van der Waals surface area contributed by atoms with E-state index in [1.165, 1.54) is 0 Å². The second-order valence-electron chi connectivity index (χ2n) is 5.59. The predicted octanol–water partition coefficient (Wildman–Crippen LogP) is 2.76. The van der Waals surface area contributed by atoms with Crippen LogP contribution in [-0.2, 0) is 4.79 Å². The third-order valence-corrected chi connectivity index (χ3v) is 3.88. The van der Waals surface area contributed by atoms with E-state index in [2.05, 4.69) is 23.1 Å². The van der Waals surface area contributed by atoms with Crippen LogP contribution >= 0.6 is 0 Å². The third-order valence-electron chi connectivity index (χ3n) is 3.88. The largest absolute Gasteiger partial charge is 0.491 e. The van der Waals surface area contributed by atoms with E-state index in [1.807, 2.05) is 24.3 Å². The van der Waals surface area contributed by atoms with Crippen molar-refractivity contribution in [2.75, 3.05) is 31.6 Å². The maximum absolute atomic E-state index is 12.4. The van der Waals surface area contributed by atoms with Crippen LogP contribution in [-0.4, -0.2) is 37.0 Å². The van der Waals surface area contributed by atoms with Gasteiger partial charge >= 0.3 is 0 Å². The highest BCUT2D eigenvalue weighted by Gasteiger charge is 2.25. The van der Waals surface area contributed by atoms with E-state index in [1.54, 1.807) is 0 Å². The zero-order valence-corrected chi connectivity index (χ0v) is 13.2. The minimum Gasteiger partial charge on any atom is -0.491 e. The van der Waals surface area contributed by atoms with Crippen LogP contribution in [0.25, 0.3) is 0 Å². The fourth-order valence-electron chi connectivity index (χ4n) is 2.62. The lowest BCUT2D eigenvalue weighted by Gasteiger charge is -2.29. The van der Waals surface area contributed by atoms with Crippen molar-refractivity contribution in [2.24, 2.45) is 5.92 Å². The summed E-state index contributed by atoms with van der Waals surface area (Å²) < 4.78 is 5.68. The molecule has 1 N–H and O–H groups in total. The SMILES string of the molecule is C#CCN1CCC(C(=O)Nc2ccccc2OCCC)CC1. The topological polar surface area (TPSA) is 41.6 Å². The Balaban J connectivity index is 1.91. The number of carbonyl (C=O) groups is 1. The number of hydrogen-bond donors (Lipinski definition) is 1. The van der Waals surface area contributed by atoms with E-state index in [0.29, 0.717) is 13.2 Å². The lowest BCUT2D eigenvalue weighted by Crippen LogP contribution is -2.38. The number of benzene rings is 1. The summed E-state index contributed by atoms with van der Waals surface area (Å²) in [6, 6.07) is 7.60. The van der Waals surface area contributed by atoms with Crippen molar-refractivity contribution in [3.63, 3.8) is 0 Å². The molecule has 1 aliphatic heterocycles. The van der Waals surface area contributed by atoms with Crippen LogP contribution in [0.2, 0.25) is 0 Å². The van der Waals surface area contributed by atoms with Crippen LogP contribution in [0.3, 0.4) is 0 Å². The Kier molecular flexibility index (Phi) is 6.29. The van der Waals surface area contributed by atoms with Gasteiger partial charge in [-0.1, -0.05) is 25.0 Å². The quantitative estimate of drug-likeness (QED) is 0.821. The molecule has 0 atom stereocenters. The van der Waals surface area contributed by atoms with Crippen molar-refractivity contribution in [1.82, 2.24) is 4.90 Å². The van der Waals surface area contributed by atoms with Crippen molar-refractivity contribution in [3.8, 4) is 18.1 Å². The molecule has 1 aromatic rings. The number of terminal acetylenes is 1. The van der Waals surface area contributed by atoms with Crippen molar-refractivity contribution in [3.05, 3.63) is 24.3 Å². The van der Waals surface area contributed by atoms with Gasteiger partial charge in [0.15, 0.2) is 0 Å². The molecule has 0 bridgehead atoms. The first-order chi connectivity index (χ1) is 10.7. The Morgan fingerprint density at radius 3 is 2.82 bits per heavy atom. The van der Waals surface area contributed by atoms with E-state index >= 15 is 0 Å². The molecule has 1 fully saturated rings. The summed E-state index contributed by atoms with van der Waals surface area (Å²) >= 11 is 0. The van der Waals surface area contributed by atoms with E-state index < -0.39 is 0 Å². The van der Waals surface area contributed by atoms with Gasteiger partial charge < -0.3 is 10.1 Å². The van der Waals surface area contributed by atoms with Gasteiger partial charge in [0.1, 0.15) is 5.75 Å². The summed E-state index contributed by atoms with van der Waals surface area (Å²) in [6.07, 6.45) is 7.97. The average molecular weight is 300 g/mol. The summed E-state index contributed by atoms with van der Waals surface area (Å²) in [5, 5.41) is 3.01. The van der Waals surface area contributed by atoms with Crippen LogP contribution in [0.5, 0.6) is 5.75 Å². The molecule has 118 valence electrons. The number of para-hydroxylation sites is 2. The molecule has 4 nitrogen and oxygen atoms in total. The third kappa shape index (κ3) is 4.51. The van der Waals surface area contributed by atoms with Crippen molar-refractivity contribution < 1.29 is 9.53 Å². The van der Waals surface area contributed by atoms with Gasteiger partial charge in [0.05, 0.1) is 18.8 Å². The van der Waals surface area contributed by atoms with Crippen LogP contribution < -0.4 is 10.1 Å². The minimum absolute atomic E-state index is 0.0493. The molecular formula is C18H24N2O2. The Morgan fingerprint density at radius 1 is 1.41 bits per heavy atom. The summed E-state index contributed by atoms with van der Waals surface area (Å²) in [5.74, 6) is 3.52. The van der Waals surface area contributed by atoms with Gasteiger partial charge in [0, 0.05) is 5.92 Å². The number of ether oxygens (including phenoxy) is 1. The van der Waals surface area contributed by atoms with Crippen LogP contribution in [0.15, 0.2) is 24.3 Å². The summed E-state index contributed by atoms with van der Waals surface area (Å²) in [6.45, 7) is 5.15. The van der Waals surface area contributed by atoms with Gasteiger partial charge in [-0.05, 0) is 44.5 Å². The number of nitrogens with zero attached hydrogens (tertiary/aromatic N) is 1. The molecule has 1 heterocycles. The monoisotopic (exact) mass is 300 g/mol. The number of likely N-dealkylation sites (tertiary alicyclic amines) is 1. The first kappa shape index (κ1) is 16.4. The number of anilines is 1. The zero-order valence-electron chi connectivity index (χ0n) is 13.2. The molecular weight excluding hydrogens is 276 g/mol. The molecule has 1 aliphatic rings. The zero-order chi connectivity index (χ0) is 15.8. The van der Waals surface area contributed by atoms with Gasteiger partial charge in [-0.2, -0.15) is 0 Å². The normalized spacial score (nSPS) is 16.0. The van der Waals surface area contributed by atoms with E-state index in [4.69, 9.17) is 11.2 Å². The summed E-state index contributed by atoms with van der Waals surface area (Å²) in [7, 11) is 0. The number of piperidine rings is 1. The Labute approximate surface area is 132 Å². The van der Waals surface area contributed by atoms with Crippen molar-refractivity contribution in [1.29, 1.82) is 0 Å². The number of carbonyl (C=O) groups excluding carboxylic acids is 1. The molecule has 0 aromatic heterocycles. The molecule has 0 saturated carbocycles.